The van der Waals surface area contributed by atoms with Crippen LogP contribution in [-0.4, -0.2) is 13.2 Å². The highest BCUT2D eigenvalue weighted by molar-refractivity contribution is 5.47. The van der Waals surface area contributed by atoms with Crippen molar-refractivity contribution >= 4 is 5.69 Å². The Hall–Kier alpha value is -2.03. The maximum Gasteiger partial charge on any atom is 0.125 e. The molecule has 2 aromatic carbocycles. The van der Waals surface area contributed by atoms with Crippen LogP contribution < -0.4 is 10.1 Å². The van der Waals surface area contributed by atoms with Crippen molar-refractivity contribution in [2.75, 3.05) is 12.4 Å². The van der Waals surface area contributed by atoms with Crippen LogP contribution in [0.3, 0.4) is 0 Å². The maximum atomic E-state index is 13.4. The molecular formula is C18H20FNO. The van der Waals surface area contributed by atoms with Gasteiger partial charge in [-0.3, -0.25) is 0 Å². The monoisotopic (exact) mass is 285 g/mol. The molecule has 0 radical (unpaired) electrons. The van der Waals surface area contributed by atoms with E-state index in [1.165, 1.54) is 5.56 Å². The molecule has 110 valence electrons. The summed E-state index contributed by atoms with van der Waals surface area (Å²) >= 11 is 0. The Balaban J connectivity index is 1.57. The molecule has 1 aliphatic carbocycles. The van der Waals surface area contributed by atoms with Gasteiger partial charge in [0, 0.05) is 11.7 Å². The van der Waals surface area contributed by atoms with E-state index in [-0.39, 0.29) is 5.82 Å². The van der Waals surface area contributed by atoms with E-state index in [0.717, 1.165) is 29.8 Å². The van der Waals surface area contributed by atoms with Gasteiger partial charge in [-0.05, 0) is 67.1 Å². The highest BCUT2D eigenvalue weighted by atomic mass is 19.1. The Morgan fingerprint density at radius 1 is 1.10 bits per heavy atom. The van der Waals surface area contributed by atoms with Crippen molar-refractivity contribution in [2.45, 2.75) is 31.7 Å². The summed E-state index contributed by atoms with van der Waals surface area (Å²) in [7, 11) is 1.68. The van der Waals surface area contributed by atoms with E-state index >= 15 is 0 Å². The van der Waals surface area contributed by atoms with Crippen molar-refractivity contribution in [2.24, 2.45) is 0 Å². The van der Waals surface area contributed by atoms with E-state index in [1.807, 2.05) is 25.1 Å². The summed E-state index contributed by atoms with van der Waals surface area (Å²) < 4.78 is 18.5. The van der Waals surface area contributed by atoms with E-state index in [1.54, 1.807) is 19.2 Å². The van der Waals surface area contributed by atoms with Crippen LogP contribution in [0.15, 0.2) is 42.5 Å². The first-order valence-corrected chi connectivity index (χ1v) is 7.32. The summed E-state index contributed by atoms with van der Waals surface area (Å²) in [5.41, 5.74) is 3.18. The summed E-state index contributed by atoms with van der Waals surface area (Å²) in [6, 6.07) is 13.8. The molecule has 0 aliphatic heterocycles. The molecule has 1 aliphatic rings. The summed E-state index contributed by atoms with van der Waals surface area (Å²) in [5, 5.41) is 3.42. The van der Waals surface area contributed by atoms with Crippen molar-refractivity contribution in [3.63, 3.8) is 0 Å². The minimum atomic E-state index is -0.177. The molecule has 0 saturated heterocycles. The molecule has 0 unspecified atom stereocenters. The van der Waals surface area contributed by atoms with Gasteiger partial charge >= 0.3 is 0 Å². The average molecular weight is 285 g/mol. The second-order valence-electron chi connectivity index (χ2n) is 5.80. The summed E-state index contributed by atoms with van der Waals surface area (Å²) in [5.74, 6) is 1.30. The van der Waals surface area contributed by atoms with Crippen molar-refractivity contribution in [3.8, 4) is 5.75 Å². The number of hydrogen-bond donors (Lipinski definition) is 1. The number of nitrogens with one attached hydrogen (secondary N) is 1. The Kier molecular flexibility index (Phi) is 3.82. The number of halogens is 1. The number of hydrogen-bond acceptors (Lipinski definition) is 2. The van der Waals surface area contributed by atoms with Gasteiger partial charge in [0.05, 0.1) is 7.11 Å². The van der Waals surface area contributed by atoms with Crippen LogP contribution in [0.2, 0.25) is 0 Å². The molecule has 0 aromatic heterocycles. The number of benzene rings is 2. The standard InChI is InChI=1S/C18H20FNO/c1-12-7-15(19)11-16(8-12)20-17-9-14(10-17)13-3-5-18(21-2)6-4-13/h3-8,11,14,17,20H,9-10H2,1-2H3. The van der Waals surface area contributed by atoms with Crippen LogP contribution in [0.5, 0.6) is 5.75 Å². The fourth-order valence-corrected chi connectivity index (χ4v) is 2.94. The van der Waals surface area contributed by atoms with Gasteiger partial charge < -0.3 is 10.1 Å². The van der Waals surface area contributed by atoms with Gasteiger partial charge in [-0.15, -0.1) is 0 Å². The molecule has 1 saturated carbocycles. The van der Waals surface area contributed by atoms with Crippen LogP contribution in [0, 0.1) is 12.7 Å². The molecule has 0 heterocycles. The minimum absolute atomic E-state index is 0.177. The smallest absolute Gasteiger partial charge is 0.125 e. The second-order valence-corrected chi connectivity index (χ2v) is 5.80. The van der Waals surface area contributed by atoms with Crippen molar-refractivity contribution in [1.82, 2.24) is 0 Å². The Morgan fingerprint density at radius 2 is 1.81 bits per heavy atom. The third kappa shape index (κ3) is 3.18. The SMILES string of the molecule is COc1ccc(C2CC(Nc3cc(C)cc(F)c3)C2)cc1. The van der Waals surface area contributed by atoms with Gasteiger partial charge in [-0.2, -0.15) is 0 Å². The molecule has 3 rings (SSSR count). The second kappa shape index (κ2) is 5.76. The molecule has 0 bridgehead atoms. The zero-order chi connectivity index (χ0) is 14.8. The number of aryl methyl sites for hydroxylation is 1. The lowest BCUT2D eigenvalue weighted by Crippen LogP contribution is -2.34. The van der Waals surface area contributed by atoms with Crippen molar-refractivity contribution in [1.29, 1.82) is 0 Å². The number of rotatable bonds is 4. The molecule has 1 N–H and O–H groups in total. The van der Waals surface area contributed by atoms with Crippen molar-refractivity contribution in [3.05, 3.63) is 59.4 Å². The lowest BCUT2D eigenvalue weighted by molar-refractivity contribution is 0.373. The fraction of sp³-hybridized carbons (Fsp3) is 0.333. The molecule has 1 fully saturated rings. The number of anilines is 1. The van der Waals surface area contributed by atoms with Crippen LogP contribution >= 0.6 is 0 Å². The molecule has 2 nitrogen and oxygen atoms in total. The zero-order valence-electron chi connectivity index (χ0n) is 12.4. The van der Waals surface area contributed by atoms with Gasteiger partial charge in [0.1, 0.15) is 11.6 Å². The van der Waals surface area contributed by atoms with E-state index in [2.05, 4.69) is 17.4 Å². The summed E-state index contributed by atoms with van der Waals surface area (Å²) in [6.07, 6.45) is 2.17. The van der Waals surface area contributed by atoms with Gasteiger partial charge in [0.2, 0.25) is 0 Å². The number of ether oxygens (including phenoxy) is 1. The predicted octanol–water partition coefficient (Wildman–Crippen LogP) is 4.50. The van der Waals surface area contributed by atoms with E-state index in [0.29, 0.717) is 12.0 Å². The van der Waals surface area contributed by atoms with Gasteiger partial charge in [-0.1, -0.05) is 12.1 Å². The van der Waals surface area contributed by atoms with E-state index < -0.39 is 0 Å². The lowest BCUT2D eigenvalue weighted by Gasteiger charge is -2.37. The third-order valence-corrected chi connectivity index (χ3v) is 4.14. The van der Waals surface area contributed by atoms with Crippen LogP contribution in [0.25, 0.3) is 0 Å². The third-order valence-electron chi connectivity index (χ3n) is 4.14. The lowest BCUT2D eigenvalue weighted by atomic mass is 9.76. The van der Waals surface area contributed by atoms with Crippen LogP contribution in [-0.2, 0) is 0 Å². The Morgan fingerprint density at radius 3 is 2.43 bits per heavy atom. The van der Waals surface area contributed by atoms with Gasteiger partial charge in [0.15, 0.2) is 0 Å². The maximum absolute atomic E-state index is 13.4. The topological polar surface area (TPSA) is 21.3 Å². The Labute approximate surface area is 125 Å². The molecule has 3 heteroatoms. The average Bonchev–Trinajstić information content (AvgIpc) is 2.41. The molecule has 2 aromatic rings. The quantitative estimate of drug-likeness (QED) is 0.893. The van der Waals surface area contributed by atoms with Crippen LogP contribution in [0.1, 0.15) is 29.9 Å². The summed E-state index contributed by atoms with van der Waals surface area (Å²) in [6.45, 7) is 1.91. The highest BCUT2D eigenvalue weighted by Crippen LogP contribution is 2.39. The molecular weight excluding hydrogens is 265 g/mol. The predicted molar refractivity (Wildman–Crippen MR) is 83.5 cm³/mol. The molecule has 0 spiro atoms. The van der Waals surface area contributed by atoms with E-state index in [4.69, 9.17) is 4.74 Å². The highest BCUT2D eigenvalue weighted by Gasteiger charge is 2.30. The normalized spacial score (nSPS) is 20.7. The molecule has 21 heavy (non-hydrogen) atoms. The molecule has 0 amide bonds. The minimum Gasteiger partial charge on any atom is -0.497 e. The van der Waals surface area contributed by atoms with Crippen molar-refractivity contribution < 1.29 is 9.13 Å². The first-order chi connectivity index (χ1) is 10.1. The largest absolute Gasteiger partial charge is 0.497 e. The van der Waals surface area contributed by atoms with Gasteiger partial charge in [-0.25, -0.2) is 4.39 Å². The van der Waals surface area contributed by atoms with Crippen LogP contribution in [0.4, 0.5) is 10.1 Å². The first-order valence-electron chi connectivity index (χ1n) is 7.32. The molecule has 0 atom stereocenters. The number of methoxy groups -OCH3 is 1. The Bertz CT molecular complexity index is 597. The van der Waals surface area contributed by atoms with Gasteiger partial charge in [0.25, 0.3) is 0 Å². The summed E-state index contributed by atoms with van der Waals surface area (Å²) in [4.78, 5) is 0. The first kappa shape index (κ1) is 13.9. The van der Waals surface area contributed by atoms with E-state index in [9.17, 15) is 4.39 Å². The zero-order valence-corrected chi connectivity index (χ0v) is 12.4. The fourth-order valence-electron chi connectivity index (χ4n) is 2.94.